The molecule has 19 heavy (non-hydrogen) atoms. The summed E-state index contributed by atoms with van der Waals surface area (Å²) < 4.78 is 5.21. The Morgan fingerprint density at radius 1 is 1.21 bits per heavy atom. The molecule has 1 aromatic carbocycles. The first-order chi connectivity index (χ1) is 8.95. The molecule has 0 aliphatic rings. The summed E-state index contributed by atoms with van der Waals surface area (Å²) in [6, 6.07) is 7.03. The van der Waals surface area contributed by atoms with Crippen LogP contribution in [0, 0.1) is 0 Å². The quantitative estimate of drug-likeness (QED) is 0.871. The summed E-state index contributed by atoms with van der Waals surface area (Å²) in [7, 11) is 4.64. The van der Waals surface area contributed by atoms with Crippen LogP contribution in [0.15, 0.2) is 24.3 Å². The minimum atomic E-state index is -1.04. The maximum atomic E-state index is 11.9. The van der Waals surface area contributed by atoms with Gasteiger partial charge < -0.3 is 19.6 Å². The predicted molar refractivity (Wildman–Crippen MR) is 70.1 cm³/mol. The van der Waals surface area contributed by atoms with Crippen LogP contribution in [0.4, 0.5) is 4.79 Å². The van der Waals surface area contributed by atoms with Crippen molar-refractivity contribution in [1.82, 2.24) is 9.80 Å². The van der Waals surface area contributed by atoms with E-state index in [1.165, 1.54) is 11.9 Å². The molecule has 0 atom stereocenters. The molecule has 104 valence electrons. The first-order valence-electron chi connectivity index (χ1n) is 5.75. The van der Waals surface area contributed by atoms with Gasteiger partial charge in [-0.05, 0) is 6.07 Å². The van der Waals surface area contributed by atoms with Crippen LogP contribution in [0.25, 0.3) is 0 Å². The Bertz CT molecular complexity index is 462. The number of methoxy groups -OCH3 is 1. The number of carbonyl (C=O) groups excluding carboxylic acids is 1. The van der Waals surface area contributed by atoms with Gasteiger partial charge in [0.15, 0.2) is 0 Å². The van der Waals surface area contributed by atoms with E-state index in [-0.39, 0.29) is 12.6 Å². The van der Waals surface area contributed by atoms with Crippen molar-refractivity contribution in [3.8, 4) is 5.75 Å². The Kier molecular flexibility index (Phi) is 5.17. The normalized spacial score (nSPS) is 9.84. The Morgan fingerprint density at radius 2 is 1.84 bits per heavy atom. The fraction of sp³-hybridized carbons (Fsp3) is 0.385. The molecule has 0 aliphatic heterocycles. The van der Waals surface area contributed by atoms with Crippen molar-refractivity contribution in [1.29, 1.82) is 0 Å². The van der Waals surface area contributed by atoms with E-state index in [2.05, 4.69) is 0 Å². The number of nitrogens with zero attached hydrogens (tertiary/aromatic N) is 2. The lowest BCUT2D eigenvalue weighted by Crippen LogP contribution is -2.40. The largest absolute Gasteiger partial charge is 0.496 e. The second kappa shape index (κ2) is 6.63. The van der Waals surface area contributed by atoms with Crippen molar-refractivity contribution in [2.24, 2.45) is 0 Å². The fourth-order valence-electron chi connectivity index (χ4n) is 1.72. The Balaban J connectivity index is 2.71. The highest BCUT2D eigenvalue weighted by molar-refractivity contribution is 5.79. The first kappa shape index (κ1) is 14.8. The van der Waals surface area contributed by atoms with E-state index in [1.54, 1.807) is 14.2 Å². The number of carboxylic acids is 1. The number of para-hydroxylation sites is 1. The summed E-state index contributed by atoms with van der Waals surface area (Å²) in [6.45, 7) is 0.0297. The molecule has 0 spiro atoms. The molecular weight excluding hydrogens is 248 g/mol. The van der Waals surface area contributed by atoms with Gasteiger partial charge in [0.1, 0.15) is 12.3 Å². The molecule has 0 saturated heterocycles. The molecule has 1 rings (SSSR count). The topological polar surface area (TPSA) is 70.1 Å². The number of urea groups is 1. The van der Waals surface area contributed by atoms with Crippen molar-refractivity contribution in [2.75, 3.05) is 27.7 Å². The van der Waals surface area contributed by atoms with Crippen LogP contribution >= 0.6 is 0 Å². The van der Waals surface area contributed by atoms with Gasteiger partial charge in [0.2, 0.25) is 0 Å². The number of aliphatic carboxylic acids is 1. The second-order valence-corrected chi connectivity index (χ2v) is 4.20. The van der Waals surface area contributed by atoms with Crippen LogP contribution in [-0.4, -0.2) is 54.7 Å². The number of benzene rings is 1. The van der Waals surface area contributed by atoms with Gasteiger partial charge in [-0.1, -0.05) is 18.2 Å². The molecule has 1 N–H and O–H groups in total. The number of ether oxygens (including phenoxy) is 1. The van der Waals surface area contributed by atoms with E-state index < -0.39 is 5.97 Å². The van der Waals surface area contributed by atoms with Gasteiger partial charge >= 0.3 is 12.0 Å². The minimum absolute atomic E-state index is 0.324. The number of hydrogen-bond donors (Lipinski definition) is 1. The molecule has 0 aromatic heterocycles. The molecule has 0 unspecified atom stereocenters. The molecule has 0 bridgehead atoms. The molecular formula is C13H18N2O4. The Labute approximate surface area is 112 Å². The number of carbonyl (C=O) groups is 2. The van der Waals surface area contributed by atoms with E-state index in [0.29, 0.717) is 12.3 Å². The zero-order chi connectivity index (χ0) is 14.4. The average molecular weight is 266 g/mol. The summed E-state index contributed by atoms with van der Waals surface area (Å²) in [5.74, 6) is -0.343. The Hall–Kier alpha value is -2.24. The molecule has 0 fully saturated rings. The smallest absolute Gasteiger partial charge is 0.323 e. The van der Waals surface area contributed by atoms with Crippen LogP contribution in [0.2, 0.25) is 0 Å². The summed E-state index contributed by atoms with van der Waals surface area (Å²) in [5.41, 5.74) is 0.865. The lowest BCUT2D eigenvalue weighted by atomic mass is 10.2. The third-order valence-corrected chi connectivity index (χ3v) is 2.63. The SMILES string of the molecule is COc1ccccc1CN(C)C(=O)N(C)CC(=O)O. The molecule has 6 heteroatoms. The van der Waals surface area contributed by atoms with Gasteiger partial charge in [-0.3, -0.25) is 4.79 Å². The predicted octanol–water partition coefficient (Wildman–Crippen LogP) is 1.26. The molecule has 0 radical (unpaired) electrons. The summed E-state index contributed by atoms with van der Waals surface area (Å²) in [4.78, 5) is 25.1. The lowest BCUT2D eigenvalue weighted by molar-refractivity contribution is -0.137. The highest BCUT2D eigenvalue weighted by atomic mass is 16.5. The first-order valence-corrected chi connectivity index (χ1v) is 5.75. The summed E-state index contributed by atoms with van der Waals surface area (Å²) in [6.07, 6.45) is 0. The van der Waals surface area contributed by atoms with E-state index in [1.807, 2.05) is 24.3 Å². The van der Waals surface area contributed by atoms with Crippen molar-refractivity contribution in [3.05, 3.63) is 29.8 Å². The van der Waals surface area contributed by atoms with E-state index in [0.717, 1.165) is 10.5 Å². The monoisotopic (exact) mass is 266 g/mol. The maximum Gasteiger partial charge on any atom is 0.323 e. The van der Waals surface area contributed by atoms with E-state index in [4.69, 9.17) is 9.84 Å². The minimum Gasteiger partial charge on any atom is -0.496 e. The van der Waals surface area contributed by atoms with E-state index in [9.17, 15) is 9.59 Å². The number of likely N-dealkylation sites (N-methyl/N-ethyl adjacent to an activating group) is 1. The molecule has 0 aliphatic carbocycles. The van der Waals surface area contributed by atoms with Crippen molar-refractivity contribution in [3.63, 3.8) is 0 Å². The number of rotatable bonds is 5. The molecule has 0 heterocycles. The van der Waals surface area contributed by atoms with E-state index >= 15 is 0 Å². The Morgan fingerprint density at radius 3 is 2.42 bits per heavy atom. The van der Waals surface area contributed by atoms with Gasteiger partial charge in [-0.25, -0.2) is 4.79 Å². The molecule has 2 amide bonds. The van der Waals surface area contributed by atoms with Crippen molar-refractivity contribution < 1.29 is 19.4 Å². The van der Waals surface area contributed by atoms with Gasteiger partial charge in [0.25, 0.3) is 0 Å². The second-order valence-electron chi connectivity index (χ2n) is 4.20. The summed E-state index contributed by atoms with van der Waals surface area (Å²) in [5, 5.41) is 8.65. The van der Waals surface area contributed by atoms with Gasteiger partial charge in [-0.15, -0.1) is 0 Å². The number of amides is 2. The number of carboxylic acid groups (broad SMARTS) is 1. The van der Waals surface area contributed by atoms with Crippen LogP contribution in [0.5, 0.6) is 5.75 Å². The molecule has 6 nitrogen and oxygen atoms in total. The fourth-order valence-corrected chi connectivity index (χ4v) is 1.72. The van der Waals surface area contributed by atoms with Crippen LogP contribution < -0.4 is 4.74 Å². The average Bonchev–Trinajstić information content (AvgIpc) is 2.37. The van der Waals surface area contributed by atoms with Crippen molar-refractivity contribution >= 4 is 12.0 Å². The van der Waals surface area contributed by atoms with Gasteiger partial charge in [-0.2, -0.15) is 0 Å². The molecule has 0 saturated carbocycles. The molecule has 1 aromatic rings. The lowest BCUT2D eigenvalue weighted by Gasteiger charge is -2.24. The highest BCUT2D eigenvalue weighted by Gasteiger charge is 2.17. The van der Waals surface area contributed by atoms with Crippen LogP contribution in [0.3, 0.4) is 0 Å². The number of hydrogen-bond acceptors (Lipinski definition) is 3. The standard InChI is InChI=1S/C13H18N2O4/c1-14(13(18)15(2)9-12(16)17)8-10-6-4-5-7-11(10)19-3/h4-7H,8-9H2,1-3H3,(H,16,17). The van der Waals surface area contributed by atoms with Crippen LogP contribution in [-0.2, 0) is 11.3 Å². The zero-order valence-electron chi connectivity index (χ0n) is 11.3. The van der Waals surface area contributed by atoms with Crippen LogP contribution in [0.1, 0.15) is 5.56 Å². The van der Waals surface area contributed by atoms with Gasteiger partial charge in [0.05, 0.1) is 13.7 Å². The van der Waals surface area contributed by atoms with Gasteiger partial charge in [0, 0.05) is 19.7 Å². The third kappa shape index (κ3) is 4.17. The zero-order valence-corrected chi connectivity index (χ0v) is 11.3. The highest BCUT2D eigenvalue weighted by Crippen LogP contribution is 2.18. The maximum absolute atomic E-state index is 11.9. The summed E-state index contributed by atoms with van der Waals surface area (Å²) >= 11 is 0. The third-order valence-electron chi connectivity index (χ3n) is 2.63. The van der Waals surface area contributed by atoms with Crippen molar-refractivity contribution in [2.45, 2.75) is 6.54 Å².